The molecule has 0 amide bonds. The third-order valence-electron chi connectivity index (χ3n) is 3.70. The van der Waals surface area contributed by atoms with Crippen molar-refractivity contribution < 1.29 is 0 Å². The largest absolute Gasteiger partial charge is 0.353 e. The molecule has 1 fully saturated rings. The molecule has 1 saturated heterocycles. The van der Waals surface area contributed by atoms with Gasteiger partial charge in [-0.05, 0) is 31.9 Å². The Bertz CT molecular complexity index is 529. The van der Waals surface area contributed by atoms with E-state index >= 15 is 0 Å². The summed E-state index contributed by atoms with van der Waals surface area (Å²) in [5.74, 6) is 1.05. The van der Waals surface area contributed by atoms with E-state index in [-0.39, 0.29) is 0 Å². The van der Waals surface area contributed by atoms with Crippen molar-refractivity contribution in [3.05, 3.63) is 24.7 Å². The fourth-order valence-electron chi connectivity index (χ4n) is 2.82. The predicted octanol–water partition coefficient (Wildman–Crippen LogP) is 1.70. The molecule has 0 saturated carbocycles. The van der Waals surface area contributed by atoms with Crippen LogP contribution in [-0.2, 0) is 0 Å². The lowest BCUT2D eigenvalue weighted by Crippen LogP contribution is -2.38. The number of aromatic nitrogens is 3. The number of hydrogen-bond acceptors (Lipinski definition) is 4. The van der Waals surface area contributed by atoms with Crippen molar-refractivity contribution in [3.63, 3.8) is 0 Å². The molecule has 0 bridgehead atoms. The summed E-state index contributed by atoms with van der Waals surface area (Å²) in [6.45, 7) is 5.43. The van der Waals surface area contributed by atoms with Gasteiger partial charge >= 0.3 is 0 Å². The van der Waals surface area contributed by atoms with Crippen LogP contribution < -0.4 is 10.2 Å². The molecule has 19 heavy (non-hydrogen) atoms. The van der Waals surface area contributed by atoms with Crippen LogP contribution in [-0.4, -0.2) is 40.3 Å². The van der Waals surface area contributed by atoms with E-state index in [1.54, 1.807) is 0 Å². The SMILES string of the molecule is CCCN(CC1CCCN1)c1nccn2nccc12. The first-order chi connectivity index (χ1) is 9.38. The van der Waals surface area contributed by atoms with Gasteiger partial charge in [0.15, 0.2) is 5.82 Å². The molecular formula is C14H21N5. The highest BCUT2D eigenvalue weighted by Gasteiger charge is 2.20. The molecule has 1 N–H and O–H groups in total. The highest BCUT2D eigenvalue weighted by molar-refractivity contribution is 5.68. The first kappa shape index (κ1) is 12.4. The molecule has 3 heterocycles. The van der Waals surface area contributed by atoms with Crippen LogP contribution in [0.25, 0.3) is 5.52 Å². The lowest BCUT2D eigenvalue weighted by atomic mass is 10.2. The average molecular weight is 259 g/mol. The van der Waals surface area contributed by atoms with E-state index in [1.165, 1.54) is 12.8 Å². The maximum Gasteiger partial charge on any atom is 0.154 e. The Kier molecular flexibility index (Phi) is 3.64. The topological polar surface area (TPSA) is 45.5 Å². The van der Waals surface area contributed by atoms with E-state index in [0.717, 1.165) is 37.4 Å². The standard InChI is InChI=1S/C14H21N5/c1-2-9-18(11-12-4-3-6-15-12)14-13-5-7-17-19(13)10-8-16-14/h5,7-8,10,12,15H,2-4,6,9,11H2,1H3. The van der Waals surface area contributed by atoms with Crippen LogP contribution in [0.2, 0.25) is 0 Å². The van der Waals surface area contributed by atoms with Gasteiger partial charge in [0.2, 0.25) is 0 Å². The molecule has 0 spiro atoms. The second kappa shape index (κ2) is 5.57. The average Bonchev–Trinajstić information content (AvgIpc) is 3.08. The number of nitrogens with zero attached hydrogens (tertiary/aromatic N) is 4. The molecule has 2 aromatic rings. The molecule has 5 nitrogen and oxygen atoms in total. The Balaban J connectivity index is 1.87. The summed E-state index contributed by atoms with van der Waals surface area (Å²) in [5.41, 5.74) is 1.09. The number of anilines is 1. The van der Waals surface area contributed by atoms with Gasteiger partial charge in [0, 0.05) is 31.5 Å². The van der Waals surface area contributed by atoms with Crippen molar-refractivity contribution in [2.45, 2.75) is 32.2 Å². The summed E-state index contributed by atoms with van der Waals surface area (Å²) >= 11 is 0. The van der Waals surface area contributed by atoms with Crippen molar-refractivity contribution >= 4 is 11.3 Å². The maximum absolute atomic E-state index is 4.58. The summed E-state index contributed by atoms with van der Waals surface area (Å²) in [4.78, 5) is 6.97. The smallest absolute Gasteiger partial charge is 0.154 e. The lowest BCUT2D eigenvalue weighted by molar-refractivity contribution is 0.575. The van der Waals surface area contributed by atoms with Crippen molar-refractivity contribution in [3.8, 4) is 0 Å². The summed E-state index contributed by atoms with van der Waals surface area (Å²) in [5, 5.41) is 7.85. The first-order valence-electron chi connectivity index (χ1n) is 7.15. The third kappa shape index (κ3) is 2.56. The monoisotopic (exact) mass is 259 g/mol. The fourth-order valence-corrected chi connectivity index (χ4v) is 2.82. The van der Waals surface area contributed by atoms with Crippen molar-refractivity contribution in [1.29, 1.82) is 0 Å². The Morgan fingerprint density at radius 3 is 3.21 bits per heavy atom. The maximum atomic E-state index is 4.58. The zero-order chi connectivity index (χ0) is 13.1. The van der Waals surface area contributed by atoms with E-state index in [1.807, 2.05) is 29.2 Å². The second-order valence-corrected chi connectivity index (χ2v) is 5.15. The van der Waals surface area contributed by atoms with Crippen LogP contribution in [0.3, 0.4) is 0 Å². The number of nitrogens with one attached hydrogen (secondary N) is 1. The minimum atomic E-state index is 0.594. The van der Waals surface area contributed by atoms with Crippen LogP contribution in [0.4, 0.5) is 5.82 Å². The molecule has 0 aliphatic carbocycles. The molecule has 0 aromatic carbocycles. The second-order valence-electron chi connectivity index (χ2n) is 5.15. The highest BCUT2D eigenvalue weighted by Crippen LogP contribution is 2.20. The van der Waals surface area contributed by atoms with E-state index in [4.69, 9.17) is 0 Å². The molecule has 102 valence electrons. The minimum Gasteiger partial charge on any atom is -0.353 e. The first-order valence-corrected chi connectivity index (χ1v) is 7.15. The van der Waals surface area contributed by atoms with Crippen molar-refractivity contribution in [2.24, 2.45) is 0 Å². The fraction of sp³-hybridized carbons (Fsp3) is 0.571. The molecule has 2 aromatic heterocycles. The van der Waals surface area contributed by atoms with Crippen LogP contribution >= 0.6 is 0 Å². The quantitative estimate of drug-likeness (QED) is 0.887. The molecule has 0 radical (unpaired) electrons. The summed E-state index contributed by atoms with van der Waals surface area (Å²) in [7, 11) is 0. The van der Waals surface area contributed by atoms with Gasteiger partial charge in [0.25, 0.3) is 0 Å². The molecule has 5 heteroatoms. The Hall–Kier alpha value is -1.62. The van der Waals surface area contributed by atoms with Gasteiger partial charge in [-0.2, -0.15) is 5.10 Å². The molecule has 1 atom stereocenters. The van der Waals surface area contributed by atoms with Gasteiger partial charge in [-0.1, -0.05) is 6.92 Å². The van der Waals surface area contributed by atoms with Gasteiger partial charge < -0.3 is 10.2 Å². The van der Waals surface area contributed by atoms with Crippen LogP contribution in [0.15, 0.2) is 24.7 Å². The zero-order valence-corrected chi connectivity index (χ0v) is 11.4. The predicted molar refractivity (Wildman–Crippen MR) is 76.5 cm³/mol. The van der Waals surface area contributed by atoms with E-state index in [0.29, 0.717) is 6.04 Å². The van der Waals surface area contributed by atoms with Gasteiger partial charge in [-0.15, -0.1) is 0 Å². The minimum absolute atomic E-state index is 0.594. The molecule has 1 unspecified atom stereocenters. The van der Waals surface area contributed by atoms with Gasteiger partial charge in [0.05, 0.1) is 6.20 Å². The summed E-state index contributed by atoms with van der Waals surface area (Å²) < 4.78 is 1.90. The van der Waals surface area contributed by atoms with Gasteiger partial charge in [0.1, 0.15) is 5.52 Å². The Morgan fingerprint density at radius 2 is 2.42 bits per heavy atom. The van der Waals surface area contributed by atoms with Crippen LogP contribution in [0, 0.1) is 0 Å². The van der Waals surface area contributed by atoms with Crippen LogP contribution in [0.1, 0.15) is 26.2 Å². The highest BCUT2D eigenvalue weighted by atomic mass is 15.3. The van der Waals surface area contributed by atoms with Gasteiger partial charge in [-0.3, -0.25) is 0 Å². The molecule has 3 rings (SSSR count). The van der Waals surface area contributed by atoms with E-state index in [9.17, 15) is 0 Å². The van der Waals surface area contributed by atoms with E-state index < -0.39 is 0 Å². The van der Waals surface area contributed by atoms with E-state index in [2.05, 4.69) is 27.2 Å². The zero-order valence-electron chi connectivity index (χ0n) is 11.4. The Labute approximate surface area is 113 Å². The lowest BCUT2D eigenvalue weighted by Gasteiger charge is -2.26. The molecular weight excluding hydrogens is 238 g/mol. The number of rotatable bonds is 5. The summed E-state index contributed by atoms with van der Waals surface area (Å²) in [6, 6.07) is 2.63. The third-order valence-corrected chi connectivity index (χ3v) is 3.70. The van der Waals surface area contributed by atoms with Crippen molar-refractivity contribution in [2.75, 3.05) is 24.5 Å². The molecule has 1 aliphatic rings. The van der Waals surface area contributed by atoms with Crippen molar-refractivity contribution in [1.82, 2.24) is 19.9 Å². The number of hydrogen-bond donors (Lipinski definition) is 1. The normalized spacial score (nSPS) is 19.1. The van der Waals surface area contributed by atoms with Gasteiger partial charge in [-0.25, -0.2) is 9.50 Å². The molecule has 1 aliphatic heterocycles. The Morgan fingerprint density at radius 1 is 1.47 bits per heavy atom. The van der Waals surface area contributed by atoms with Crippen LogP contribution in [0.5, 0.6) is 0 Å². The summed E-state index contributed by atoms with van der Waals surface area (Å²) in [6.07, 6.45) is 9.25. The number of fused-ring (bicyclic) bond motifs is 1.